The van der Waals surface area contributed by atoms with Gasteiger partial charge in [0, 0.05) is 0 Å². The Labute approximate surface area is 150 Å². The minimum absolute atomic E-state index is 0.332. The molecule has 1 heteroatoms. The third kappa shape index (κ3) is 3.25. The van der Waals surface area contributed by atoms with Crippen LogP contribution in [0.4, 0.5) is 0 Å². The van der Waals surface area contributed by atoms with Crippen LogP contribution >= 0.6 is 0 Å². The number of rotatable bonds is 6. The van der Waals surface area contributed by atoms with Crippen molar-refractivity contribution in [2.24, 2.45) is 0 Å². The van der Waals surface area contributed by atoms with Crippen LogP contribution in [0, 0.1) is 0 Å². The first kappa shape index (κ1) is 16.1. The molecule has 0 spiro atoms. The third-order valence-corrected chi connectivity index (χ3v) is 5.30. The maximum Gasteiger partial charge on any atom is 0.0586 e. The van der Waals surface area contributed by atoms with Crippen molar-refractivity contribution < 1.29 is 0 Å². The van der Waals surface area contributed by atoms with Gasteiger partial charge in [-0.1, -0.05) is 72.8 Å². The molecule has 0 aliphatic heterocycles. The molecule has 1 unspecified atom stereocenters. The Bertz CT molecular complexity index is 851. The van der Waals surface area contributed by atoms with E-state index in [2.05, 4.69) is 78.1 Å². The molecule has 4 rings (SSSR count). The van der Waals surface area contributed by atoms with Gasteiger partial charge < -0.3 is 5.32 Å². The van der Waals surface area contributed by atoms with Crippen LogP contribution in [0.5, 0.6) is 0 Å². The van der Waals surface area contributed by atoms with E-state index in [-0.39, 0.29) is 0 Å². The molecule has 126 valence electrons. The van der Waals surface area contributed by atoms with Crippen LogP contribution in [-0.4, -0.2) is 7.05 Å². The van der Waals surface area contributed by atoms with Gasteiger partial charge in [0.1, 0.15) is 0 Å². The Hall–Kier alpha value is -2.38. The molecular formula is C24H25N. The number of aryl methyl sites for hydroxylation is 2. The largest absolute Gasteiger partial charge is 0.309 e. The van der Waals surface area contributed by atoms with Crippen LogP contribution in [-0.2, 0) is 12.8 Å². The second-order valence-electron chi connectivity index (χ2n) is 6.92. The van der Waals surface area contributed by atoms with Gasteiger partial charge in [-0.15, -0.1) is 0 Å². The molecule has 1 nitrogen and oxygen atoms in total. The molecule has 0 saturated heterocycles. The fourth-order valence-corrected chi connectivity index (χ4v) is 4.02. The summed E-state index contributed by atoms with van der Waals surface area (Å²) in [5.41, 5.74) is 8.53. The van der Waals surface area contributed by atoms with E-state index in [1.165, 1.54) is 52.6 Å². The van der Waals surface area contributed by atoms with Gasteiger partial charge in [0.05, 0.1) is 6.04 Å². The van der Waals surface area contributed by atoms with Gasteiger partial charge in [-0.05, 0) is 66.1 Å². The number of fused-ring (bicyclic) bond motifs is 3. The summed E-state index contributed by atoms with van der Waals surface area (Å²) in [7, 11) is 2.05. The van der Waals surface area contributed by atoms with E-state index < -0.39 is 0 Å². The quantitative estimate of drug-likeness (QED) is 0.586. The summed E-state index contributed by atoms with van der Waals surface area (Å²) in [4.78, 5) is 0. The van der Waals surface area contributed by atoms with Crippen LogP contribution in [0.1, 0.15) is 41.1 Å². The molecule has 0 radical (unpaired) electrons. The number of nitrogens with one attached hydrogen (secondary N) is 1. The molecule has 0 aromatic heterocycles. The molecule has 25 heavy (non-hydrogen) atoms. The highest BCUT2D eigenvalue weighted by atomic mass is 14.9. The molecule has 0 heterocycles. The van der Waals surface area contributed by atoms with E-state index in [0.29, 0.717) is 6.04 Å². The minimum Gasteiger partial charge on any atom is -0.309 e. The summed E-state index contributed by atoms with van der Waals surface area (Å²) in [6.07, 6.45) is 4.82. The zero-order valence-electron chi connectivity index (χ0n) is 14.8. The highest BCUT2D eigenvalue weighted by molar-refractivity contribution is 5.79. The smallest absolute Gasteiger partial charge is 0.0586 e. The van der Waals surface area contributed by atoms with Gasteiger partial charge >= 0.3 is 0 Å². The SMILES string of the molecule is CNC1c2ccccc2-c2cc(CCCCc3ccccc3)ccc21. The number of hydrogen-bond donors (Lipinski definition) is 1. The first-order valence-corrected chi connectivity index (χ1v) is 9.30. The molecule has 1 aliphatic rings. The Morgan fingerprint density at radius 3 is 2.16 bits per heavy atom. The van der Waals surface area contributed by atoms with Crippen LogP contribution in [0.25, 0.3) is 11.1 Å². The highest BCUT2D eigenvalue weighted by Gasteiger charge is 2.26. The standard InChI is InChI=1S/C24H25N/c1-25-24-21-14-8-7-13-20(21)23-17-19(15-16-22(23)24)12-6-5-11-18-9-3-2-4-10-18/h2-4,7-10,13-17,24-25H,5-6,11-12H2,1H3. The van der Waals surface area contributed by atoms with Crippen molar-refractivity contribution in [2.45, 2.75) is 31.7 Å². The molecule has 3 aromatic carbocycles. The summed E-state index contributed by atoms with van der Waals surface area (Å²) >= 11 is 0. The second-order valence-corrected chi connectivity index (χ2v) is 6.92. The predicted octanol–water partition coefficient (Wildman–Crippen LogP) is 5.54. The third-order valence-electron chi connectivity index (χ3n) is 5.30. The van der Waals surface area contributed by atoms with Gasteiger partial charge in [-0.3, -0.25) is 0 Å². The fourth-order valence-electron chi connectivity index (χ4n) is 4.02. The van der Waals surface area contributed by atoms with Gasteiger partial charge in [-0.25, -0.2) is 0 Å². The van der Waals surface area contributed by atoms with Crippen LogP contribution in [0.15, 0.2) is 72.8 Å². The lowest BCUT2D eigenvalue weighted by molar-refractivity contribution is 0.706. The van der Waals surface area contributed by atoms with Crippen molar-refractivity contribution >= 4 is 0 Å². The van der Waals surface area contributed by atoms with E-state index in [9.17, 15) is 0 Å². The molecule has 0 fully saturated rings. The first-order chi connectivity index (χ1) is 12.4. The lowest BCUT2D eigenvalue weighted by atomic mass is 9.98. The summed E-state index contributed by atoms with van der Waals surface area (Å²) in [6, 6.07) is 27.0. The van der Waals surface area contributed by atoms with Crippen molar-refractivity contribution in [3.63, 3.8) is 0 Å². The van der Waals surface area contributed by atoms with Crippen LogP contribution < -0.4 is 5.32 Å². The molecule has 1 atom stereocenters. The van der Waals surface area contributed by atoms with E-state index in [0.717, 1.165) is 6.42 Å². The first-order valence-electron chi connectivity index (χ1n) is 9.30. The van der Waals surface area contributed by atoms with Gasteiger partial charge in [-0.2, -0.15) is 0 Å². The Morgan fingerprint density at radius 2 is 1.36 bits per heavy atom. The van der Waals surface area contributed by atoms with Crippen LogP contribution in [0.3, 0.4) is 0 Å². The Morgan fingerprint density at radius 1 is 0.680 bits per heavy atom. The normalized spacial score (nSPS) is 15.0. The summed E-state index contributed by atoms with van der Waals surface area (Å²) in [5.74, 6) is 0. The van der Waals surface area contributed by atoms with Crippen LogP contribution in [0.2, 0.25) is 0 Å². The van der Waals surface area contributed by atoms with Gasteiger partial charge in [0.2, 0.25) is 0 Å². The average Bonchev–Trinajstić information content (AvgIpc) is 2.99. The highest BCUT2D eigenvalue weighted by Crippen LogP contribution is 2.43. The zero-order chi connectivity index (χ0) is 17.1. The fraction of sp³-hybridized carbons (Fsp3) is 0.250. The minimum atomic E-state index is 0.332. The van der Waals surface area contributed by atoms with Gasteiger partial charge in [0.15, 0.2) is 0 Å². The van der Waals surface area contributed by atoms with Gasteiger partial charge in [0.25, 0.3) is 0 Å². The lowest BCUT2D eigenvalue weighted by Crippen LogP contribution is -2.14. The maximum absolute atomic E-state index is 3.47. The molecule has 1 N–H and O–H groups in total. The molecule has 0 amide bonds. The summed E-state index contributed by atoms with van der Waals surface area (Å²) < 4.78 is 0. The number of benzene rings is 3. The maximum atomic E-state index is 3.47. The lowest BCUT2D eigenvalue weighted by Gasteiger charge is -2.12. The molecule has 0 saturated carbocycles. The summed E-state index contributed by atoms with van der Waals surface area (Å²) in [5, 5.41) is 3.47. The Kier molecular flexibility index (Phi) is 4.67. The molecule has 0 bridgehead atoms. The van der Waals surface area contributed by atoms with E-state index >= 15 is 0 Å². The monoisotopic (exact) mass is 327 g/mol. The predicted molar refractivity (Wildman–Crippen MR) is 106 cm³/mol. The summed E-state index contributed by atoms with van der Waals surface area (Å²) in [6.45, 7) is 0. The van der Waals surface area contributed by atoms with Crippen molar-refractivity contribution in [1.82, 2.24) is 5.32 Å². The van der Waals surface area contributed by atoms with E-state index in [1.54, 1.807) is 0 Å². The Balaban J connectivity index is 1.45. The van der Waals surface area contributed by atoms with E-state index in [1.807, 2.05) is 7.05 Å². The van der Waals surface area contributed by atoms with Crippen molar-refractivity contribution in [3.05, 3.63) is 95.1 Å². The second kappa shape index (κ2) is 7.25. The zero-order valence-corrected chi connectivity index (χ0v) is 14.8. The van der Waals surface area contributed by atoms with Crippen molar-refractivity contribution in [1.29, 1.82) is 0 Å². The van der Waals surface area contributed by atoms with E-state index in [4.69, 9.17) is 0 Å². The van der Waals surface area contributed by atoms with Crippen molar-refractivity contribution in [3.8, 4) is 11.1 Å². The molecule has 3 aromatic rings. The topological polar surface area (TPSA) is 12.0 Å². The average molecular weight is 327 g/mol. The molecular weight excluding hydrogens is 302 g/mol. The van der Waals surface area contributed by atoms with Crippen molar-refractivity contribution in [2.75, 3.05) is 7.05 Å². The number of unbranched alkanes of at least 4 members (excludes halogenated alkanes) is 1. The number of hydrogen-bond acceptors (Lipinski definition) is 1. The molecule has 1 aliphatic carbocycles.